The van der Waals surface area contributed by atoms with Crippen molar-refractivity contribution in [3.63, 3.8) is 0 Å². The van der Waals surface area contributed by atoms with Gasteiger partial charge in [-0.1, -0.05) is 127 Å². The van der Waals surface area contributed by atoms with Crippen molar-refractivity contribution in [2.24, 2.45) is 0 Å². The molecule has 0 aromatic heterocycles. The summed E-state index contributed by atoms with van der Waals surface area (Å²) in [5.41, 5.74) is 5.37. The lowest BCUT2D eigenvalue weighted by molar-refractivity contribution is -0.137. The minimum atomic E-state index is -1.24. The number of nitrogens with one attached hydrogen (secondary N) is 6. The smallest absolute Gasteiger partial charge is 0.303 e. The Kier molecular flexibility index (Phi) is 17.1. The van der Waals surface area contributed by atoms with Gasteiger partial charge >= 0.3 is 5.97 Å². The van der Waals surface area contributed by atoms with Gasteiger partial charge in [0, 0.05) is 50.8 Å². The number of amides is 6. The van der Waals surface area contributed by atoms with Gasteiger partial charge in [-0.3, -0.25) is 33.6 Å². The molecule has 4 unspecified atom stereocenters. The Morgan fingerprint density at radius 1 is 0.554 bits per heavy atom. The highest BCUT2D eigenvalue weighted by Gasteiger charge is 2.32. The predicted molar refractivity (Wildman–Crippen MR) is 246 cm³/mol. The summed E-state index contributed by atoms with van der Waals surface area (Å²) in [4.78, 5) is 94.7. The van der Waals surface area contributed by atoms with Crippen LogP contribution in [0.25, 0.3) is 11.1 Å². The summed E-state index contributed by atoms with van der Waals surface area (Å²) in [7, 11) is 0. The molecule has 6 amide bonds. The maximum atomic E-state index is 14.7. The zero-order chi connectivity index (χ0) is 46.0. The number of rotatable bonds is 13. The second-order valence-electron chi connectivity index (χ2n) is 16.0. The molecule has 0 saturated carbocycles. The Labute approximate surface area is 378 Å². The highest BCUT2D eigenvalue weighted by Crippen LogP contribution is 2.20. The Bertz CT molecular complexity index is 2400. The zero-order valence-corrected chi connectivity index (χ0v) is 36.0. The summed E-state index contributed by atoms with van der Waals surface area (Å²) in [6.45, 7) is 0.0457. The molecule has 0 spiro atoms. The van der Waals surface area contributed by atoms with E-state index in [0.717, 1.165) is 16.7 Å². The van der Waals surface area contributed by atoms with E-state index < -0.39 is 65.6 Å². The third-order valence-corrected chi connectivity index (χ3v) is 11.0. The molecule has 65 heavy (non-hydrogen) atoms. The topological polar surface area (TPSA) is 212 Å². The summed E-state index contributed by atoms with van der Waals surface area (Å²) < 4.78 is 0. The van der Waals surface area contributed by atoms with Gasteiger partial charge < -0.3 is 37.0 Å². The van der Waals surface area contributed by atoms with Crippen LogP contribution in [0.4, 0.5) is 5.69 Å². The lowest BCUT2D eigenvalue weighted by Gasteiger charge is -2.27. The fourth-order valence-corrected chi connectivity index (χ4v) is 7.47. The van der Waals surface area contributed by atoms with Gasteiger partial charge in [-0.15, -0.1) is 0 Å². The van der Waals surface area contributed by atoms with Crippen molar-refractivity contribution in [3.8, 4) is 11.1 Å². The monoisotopic (exact) mass is 878 g/mol. The van der Waals surface area contributed by atoms with Crippen LogP contribution in [-0.4, -0.2) is 77.2 Å². The van der Waals surface area contributed by atoms with Crippen LogP contribution < -0.4 is 31.9 Å². The first-order chi connectivity index (χ1) is 31.5. The quantitative estimate of drug-likeness (QED) is 0.0652. The molecule has 7 rings (SSSR count). The first kappa shape index (κ1) is 46.9. The van der Waals surface area contributed by atoms with Crippen molar-refractivity contribution in [3.05, 3.63) is 162 Å². The number of hydrogen-bond donors (Lipinski definition) is 7. The summed E-state index contributed by atoms with van der Waals surface area (Å²) >= 11 is 0. The van der Waals surface area contributed by atoms with Crippen LogP contribution in [-0.2, 0) is 59.2 Å². The van der Waals surface area contributed by atoms with Crippen molar-refractivity contribution in [2.75, 3.05) is 11.9 Å². The number of benzene rings is 5. The number of hydrogen-bond acceptors (Lipinski definition) is 7. The van der Waals surface area contributed by atoms with Gasteiger partial charge in [-0.25, -0.2) is 0 Å². The molecule has 0 fully saturated rings. The molecule has 5 aromatic carbocycles. The van der Waals surface area contributed by atoms with Crippen molar-refractivity contribution in [2.45, 2.75) is 82.0 Å². The maximum Gasteiger partial charge on any atom is 0.303 e. The van der Waals surface area contributed by atoms with E-state index in [1.54, 1.807) is 48.5 Å². The number of fused-ring (bicyclic) bond motifs is 18. The van der Waals surface area contributed by atoms with Gasteiger partial charge in [0.25, 0.3) is 0 Å². The number of aliphatic carboxylic acids is 1. The average Bonchev–Trinajstić information content (AvgIpc) is 3.31. The zero-order valence-electron chi connectivity index (χ0n) is 36.0. The fourth-order valence-electron chi connectivity index (χ4n) is 7.47. The van der Waals surface area contributed by atoms with Crippen molar-refractivity contribution in [1.29, 1.82) is 0 Å². The molecule has 5 aromatic rings. The number of aryl methyl sites for hydroxylation is 1. The van der Waals surface area contributed by atoms with Crippen molar-refractivity contribution >= 4 is 47.1 Å². The first-order valence-corrected chi connectivity index (χ1v) is 21.8. The van der Waals surface area contributed by atoms with E-state index in [2.05, 4.69) is 31.9 Å². The molecule has 2 aliphatic heterocycles. The molecule has 14 nitrogen and oxygen atoms in total. The lowest BCUT2D eigenvalue weighted by Crippen LogP contribution is -2.59. The molecule has 336 valence electrons. The molecule has 0 radical (unpaired) electrons. The van der Waals surface area contributed by atoms with E-state index in [1.807, 2.05) is 91.0 Å². The summed E-state index contributed by atoms with van der Waals surface area (Å²) in [5, 5.41) is 26.0. The van der Waals surface area contributed by atoms with Crippen LogP contribution in [0.2, 0.25) is 0 Å². The van der Waals surface area contributed by atoms with Gasteiger partial charge in [0.1, 0.15) is 24.2 Å². The van der Waals surface area contributed by atoms with E-state index >= 15 is 0 Å². The highest BCUT2D eigenvalue weighted by atomic mass is 16.4. The van der Waals surface area contributed by atoms with E-state index in [4.69, 9.17) is 5.11 Å². The molecule has 2 heterocycles. The molecular weight excluding hydrogens is 825 g/mol. The Hall–Kier alpha value is -7.61. The Morgan fingerprint density at radius 3 is 1.69 bits per heavy atom. The molecule has 2 bridgehead atoms. The van der Waals surface area contributed by atoms with Gasteiger partial charge in [0.15, 0.2) is 0 Å². The Balaban J connectivity index is 1.34. The number of carboxylic acids is 1. The molecule has 4 atom stereocenters. The minimum Gasteiger partial charge on any atom is -0.481 e. The lowest BCUT2D eigenvalue weighted by atomic mass is 9.98. The highest BCUT2D eigenvalue weighted by molar-refractivity contribution is 5.97. The van der Waals surface area contributed by atoms with E-state index in [0.29, 0.717) is 28.8 Å². The van der Waals surface area contributed by atoms with Crippen LogP contribution in [0, 0.1) is 0 Å². The third kappa shape index (κ3) is 15.0. The molecule has 14 heteroatoms. The minimum absolute atomic E-state index is 0.0128. The predicted octanol–water partition coefficient (Wildman–Crippen LogP) is 4.67. The number of carbonyl (C=O) groups excluding carboxylic acids is 6. The number of carboxylic acid groups (broad SMARTS) is 1. The van der Waals surface area contributed by atoms with Crippen molar-refractivity contribution < 1.29 is 38.7 Å². The second kappa shape index (κ2) is 23.7. The number of anilines is 1. The summed E-state index contributed by atoms with van der Waals surface area (Å²) in [6, 6.07) is 37.7. The van der Waals surface area contributed by atoms with Gasteiger partial charge in [0.2, 0.25) is 35.4 Å². The SMILES string of the molecule is O=C(O)CCCNC(=O)C1Cc2ccc(cc2)NC(=O)CCC(=O)NC(CCc2ccccc2)C(=O)NC(Cc2ccc(-c3ccccc3)cc2)C(=O)NC(Cc2ccccc2)C(=O)N1. The summed E-state index contributed by atoms with van der Waals surface area (Å²) in [5.74, 6) is -4.52. The van der Waals surface area contributed by atoms with E-state index in [9.17, 15) is 33.6 Å². The molecular formula is C51H54N6O8. The standard InChI is InChI=1S/C51H54N6O8/c58-45-28-29-46(59)54-41(27-22-34-11-4-1-5-12-34)49(63)56-44(33-36-18-23-39(24-19-36)38-15-8-3-9-16-38)51(65)57-43(31-35-13-6-2-7-14-35)50(64)55-42(48(62)52-30-10-17-47(60)61)32-37-20-25-40(53-45)26-21-37/h1-9,11-16,18-21,23-26,41-44H,10,17,22,27-33H2,(H,52,62)(H,53,58)(H,54,59)(H,55,64)(H,56,63)(H,57,65)(H,60,61). The fraction of sp³-hybridized carbons (Fsp3) is 0.275. The van der Waals surface area contributed by atoms with Crippen molar-refractivity contribution in [1.82, 2.24) is 26.6 Å². The molecule has 2 aliphatic rings. The van der Waals surface area contributed by atoms with E-state index in [1.165, 1.54) is 0 Å². The maximum absolute atomic E-state index is 14.7. The first-order valence-electron chi connectivity index (χ1n) is 21.8. The van der Waals surface area contributed by atoms with Gasteiger partial charge in [-0.2, -0.15) is 0 Å². The van der Waals surface area contributed by atoms with Gasteiger partial charge in [-0.05, 0) is 64.8 Å². The number of carbonyl (C=O) groups is 7. The van der Waals surface area contributed by atoms with E-state index in [-0.39, 0.29) is 57.9 Å². The second-order valence-corrected chi connectivity index (χ2v) is 16.0. The van der Waals surface area contributed by atoms with Crippen LogP contribution in [0.15, 0.2) is 140 Å². The molecule has 0 aliphatic carbocycles. The van der Waals surface area contributed by atoms with Gasteiger partial charge in [0.05, 0.1) is 0 Å². The Morgan fingerprint density at radius 2 is 1.08 bits per heavy atom. The van der Waals surface area contributed by atoms with Crippen LogP contribution >= 0.6 is 0 Å². The summed E-state index contributed by atoms with van der Waals surface area (Å²) in [6.07, 6.45) is 0.268. The molecule has 7 N–H and O–H groups in total. The van der Waals surface area contributed by atoms with Crippen LogP contribution in [0.5, 0.6) is 0 Å². The normalized spacial score (nSPS) is 18.7. The third-order valence-electron chi connectivity index (χ3n) is 11.0. The van der Waals surface area contributed by atoms with Crippen LogP contribution in [0.1, 0.15) is 54.4 Å². The average molecular weight is 879 g/mol. The van der Waals surface area contributed by atoms with Crippen LogP contribution in [0.3, 0.4) is 0 Å². The molecule has 0 saturated heterocycles. The largest absolute Gasteiger partial charge is 0.481 e.